The minimum absolute atomic E-state index is 0.119. The number of nitrogens with two attached hydrogens (primary N) is 1. The second-order valence-corrected chi connectivity index (χ2v) is 6.96. The highest BCUT2D eigenvalue weighted by Gasteiger charge is 2.36. The molecule has 140 valence electrons. The van der Waals surface area contributed by atoms with Gasteiger partial charge in [0.2, 0.25) is 11.8 Å². The molecular formula is C22H21N5O. The summed E-state index contributed by atoms with van der Waals surface area (Å²) in [6.45, 7) is 1.93. The number of benzene rings is 2. The van der Waals surface area contributed by atoms with Crippen molar-refractivity contribution in [2.75, 3.05) is 19.0 Å². The molecule has 4 rings (SSSR count). The average Bonchev–Trinajstić information content (AvgIpc) is 3.03. The first-order valence-electron chi connectivity index (χ1n) is 9.01. The molecule has 1 aliphatic rings. The molecule has 6 heteroatoms. The molecule has 0 bridgehead atoms. The minimum atomic E-state index is -0.317. The molecular weight excluding hydrogens is 350 g/mol. The fourth-order valence-electron chi connectivity index (χ4n) is 3.56. The summed E-state index contributed by atoms with van der Waals surface area (Å²) in [5, 5.41) is 14.5. The summed E-state index contributed by atoms with van der Waals surface area (Å²) < 4.78 is 7.63. The molecule has 0 spiro atoms. The van der Waals surface area contributed by atoms with E-state index >= 15 is 0 Å². The van der Waals surface area contributed by atoms with Crippen molar-refractivity contribution in [3.8, 4) is 17.6 Å². The number of anilines is 1. The van der Waals surface area contributed by atoms with Crippen LogP contribution in [0.2, 0.25) is 0 Å². The quantitative estimate of drug-likeness (QED) is 0.763. The van der Waals surface area contributed by atoms with E-state index in [-0.39, 0.29) is 11.8 Å². The topological polar surface area (TPSA) is 80.1 Å². The highest BCUT2D eigenvalue weighted by atomic mass is 16.5. The van der Waals surface area contributed by atoms with Gasteiger partial charge in [-0.15, -0.1) is 0 Å². The van der Waals surface area contributed by atoms with Crippen molar-refractivity contribution in [3.05, 3.63) is 82.9 Å². The molecule has 0 radical (unpaired) electrons. The number of nitriles is 1. The third kappa shape index (κ3) is 2.78. The molecule has 0 aliphatic carbocycles. The Kier molecular flexibility index (Phi) is 4.28. The summed E-state index contributed by atoms with van der Waals surface area (Å²) >= 11 is 0. The maximum absolute atomic E-state index is 9.77. The van der Waals surface area contributed by atoms with Gasteiger partial charge >= 0.3 is 0 Å². The van der Waals surface area contributed by atoms with Crippen LogP contribution < -0.4 is 15.4 Å². The molecule has 0 amide bonds. The van der Waals surface area contributed by atoms with Gasteiger partial charge in [-0.2, -0.15) is 10.4 Å². The zero-order valence-electron chi connectivity index (χ0n) is 16.0. The Labute approximate surface area is 164 Å². The van der Waals surface area contributed by atoms with Gasteiger partial charge in [-0.05, 0) is 36.8 Å². The first kappa shape index (κ1) is 17.7. The van der Waals surface area contributed by atoms with Crippen molar-refractivity contribution in [1.29, 1.82) is 5.26 Å². The highest BCUT2D eigenvalue weighted by Crippen LogP contribution is 2.44. The van der Waals surface area contributed by atoms with E-state index in [1.807, 2.05) is 80.5 Å². The summed E-state index contributed by atoms with van der Waals surface area (Å²) in [7, 11) is 3.99. The van der Waals surface area contributed by atoms with Crippen LogP contribution in [-0.4, -0.2) is 23.9 Å². The van der Waals surface area contributed by atoms with Crippen molar-refractivity contribution in [3.63, 3.8) is 0 Å². The summed E-state index contributed by atoms with van der Waals surface area (Å²) in [6, 6.07) is 20.1. The van der Waals surface area contributed by atoms with Gasteiger partial charge in [0.25, 0.3) is 0 Å². The number of ether oxygens (including phenoxy) is 1. The second kappa shape index (κ2) is 6.78. The standard InChI is InChI=1S/C22H21N5O/c1-14-19-20(15-9-11-16(12-10-15)26(2)3)18(13-23)21(24)28-22(19)27(25-14)17-7-5-4-6-8-17/h4-12,20H,24H2,1-3H3/t20-/m1/s1. The first-order valence-corrected chi connectivity index (χ1v) is 9.01. The van der Waals surface area contributed by atoms with E-state index in [0.717, 1.165) is 28.2 Å². The predicted molar refractivity (Wildman–Crippen MR) is 108 cm³/mol. The normalized spacial score (nSPS) is 15.6. The number of rotatable bonds is 3. The van der Waals surface area contributed by atoms with Crippen LogP contribution in [0.5, 0.6) is 5.88 Å². The lowest BCUT2D eigenvalue weighted by Gasteiger charge is -2.25. The van der Waals surface area contributed by atoms with Crippen molar-refractivity contribution in [1.82, 2.24) is 9.78 Å². The zero-order chi connectivity index (χ0) is 19.8. The average molecular weight is 371 g/mol. The monoisotopic (exact) mass is 371 g/mol. The molecule has 2 N–H and O–H groups in total. The molecule has 28 heavy (non-hydrogen) atoms. The van der Waals surface area contributed by atoms with E-state index in [0.29, 0.717) is 11.5 Å². The Morgan fingerprint density at radius 3 is 2.39 bits per heavy atom. The Hall–Kier alpha value is -3.72. The van der Waals surface area contributed by atoms with Crippen LogP contribution in [0.1, 0.15) is 22.7 Å². The second-order valence-electron chi connectivity index (χ2n) is 6.96. The van der Waals surface area contributed by atoms with Crippen LogP contribution in [0.4, 0.5) is 5.69 Å². The lowest BCUT2D eigenvalue weighted by Crippen LogP contribution is -2.22. The van der Waals surface area contributed by atoms with E-state index in [1.165, 1.54) is 0 Å². The number of hydrogen-bond donors (Lipinski definition) is 1. The van der Waals surface area contributed by atoms with Gasteiger partial charge < -0.3 is 15.4 Å². The van der Waals surface area contributed by atoms with Gasteiger partial charge in [0.05, 0.1) is 22.9 Å². The van der Waals surface area contributed by atoms with Crippen molar-refractivity contribution >= 4 is 5.69 Å². The SMILES string of the molecule is Cc1nn(-c2ccccc2)c2c1[C@H](c1ccc(N(C)C)cc1)C(C#N)=C(N)O2. The van der Waals surface area contributed by atoms with Crippen LogP contribution in [0, 0.1) is 18.3 Å². The Morgan fingerprint density at radius 2 is 1.79 bits per heavy atom. The van der Waals surface area contributed by atoms with Gasteiger partial charge in [-0.25, -0.2) is 4.68 Å². The molecule has 6 nitrogen and oxygen atoms in total. The van der Waals surface area contributed by atoms with E-state index in [2.05, 4.69) is 11.2 Å². The van der Waals surface area contributed by atoms with E-state index in [1.54, 1.807) is 4.68 Å². The molecule has 3 aromatic rings. The molecule has 0 fully saturated rings. The summed E-state index contributed by atoms with van der Waals surface area (Å²) in [5.74, 6) is 0.359. The molecule has 1 aliphatic heterocycles. The van der Waals surface area contributed by atoms with Crippen LogP contribution in [-0.2, 0) is 0 Å². The van der Waals surface area contributed by atoms with Gasteiger partial charge in [-0.3, -0.25) is 0 Å². The third-order valence-corrected chi connectivity index (χ3v) is 4.98. The number of aromatic nitrogens is 2. The summed E-state index contributed by atoms with van der Waals surface area (Å²) in [4.78, 5) is 2.03. The van der Waals surface area contributed by atoms with Crippen molar-refractivity contribution in [2.45, 2.75) is 12.8 Å². The molecule has 0 saturated heterocycles. The molecule has 0 saturated carbocycles. The van der Waals surface area contributed by atoms with Crippen LogP contribution >= 0.6 is 0 Å². The van der Waals surface area contributed by atoms with Gasteiger partial charge in [0.15, 0.2) is 0 Å². The number of fused-ring (bicyclic) bond motifs is 1. The van der Waals surface area contributed by atoms with E-state index in [9.17, 15) is 5.26 Å². The smallest absolute Gasteiger partial charge is 0.229 e. The number of nitrogens with zero attached hydrogens (tertiary/aromatic N) is 4. The Morgan fingerprint density at radius 1 is 1.11 bits per heavy atom. The summed E-state index contributed by atoms with van der Waals surface area (Å²) in [5.41, 5.74) is 11.2. The van der Waals surface area contributed by atoms with Gasteiger partial charge in [-0.1, -0.05) is 30.3 Å². The number of allylic oxidation sites excluding steroid dienone is 1. The highest BCUT2D eigenvalue weighted by molar-refractivity contribution is 5.58. The fourth-order valence-corrected chi connectivity index (χ4v) is 3.56. The lowest BCUT2D eigenvalue weighted by molar-refractivity contribution is 0.367. The summed E-state index contributed by atoms with van der Waals surface area (Å²) in [6.07, 6.45) is 0. The molecule has 1 aromatic heterocycles. The third-order valence-electron chi connectivity index (χ3n) is 4.98. The van der Waals surface area contributed by atoms with Gasteiger partial charge in [0.1, 0.15) is 11.6 Å². The molecule has 0 unspecified atom stereocenters. The number of para-hydroxylation sites is 1. The zero-order valence-corrected chi connectivity index (χ0v) is 16.0. The Bertz CT molecular complexity index is 1090. The molecule has 1 atom stereocenters. The lowest BCUT2D eigenvalue weighted by atomic mass is 9.84. The van der Waals surface area contributed by atoms with E-state index in [4.69, 9.17) is 10.5 Å². The van der Waals surface area contributed by atoms with Gasteiger partial charge in [0, 0.05) is 19.8 Å². The maximum atomic E-state index is 9.77. The van der Waals surface area contributed by atoms with Crippen molar-refractivity contribution < 1.29 is 4.74 Å². The Balaban J connectivity index is 1.90. The molecule has 2 aromatic carbocycles. The maximum Gasteiger partial charge on any atom is 0.229 e. The van der Waals surface area contributed by atoms with Crippen LogP contribution in [0.15, 0.2) is 66.1 Å². The van der Waals surface area contributed by atoms with Crippen LogP contribution in [0.3, 0.4) is 0 Å². The largest absolute Gasteiger partial charge is 0.422 e. The van der Waals surface area contributed by atoms with Crippen molar-refractivity contribution in [2.24, 2.45) is 5.73 Å². The van der Waals surface area contributed by atoms with E-state index < -0.39 is 0 Å². The number of hydrogen-bond acceptors (Lipinski definition) is 5. The fraction of sp³-hybridized carbons (Fsp3) is 0.182. The van der Waals surface area contributed by atoms with Crippen LogP contribution in [0.25, 0.3) is 5.69 Å². The number of aryl methyl sites for hydroxylation is 1. The first-order chi connectivity index (χ1) is 13.5. The molecule has 2 heterocycles. The predicted octanol–water partition coefficient (Wildman–Crippen LogP) is 3.46. The minimum Gasteiger partial charge on any atom is -0.422 e.